The van der Waals surface area contributed by atoms with Crippen molar-refractivity contribution < 1.29 is 8.42 Å². The highest BCUT2D eigenvalue weighted by Gasteiger charge is 2.27. The first kappa shape index (κ1) is 14.9. The van der Waals surface area contributed by atoms with E-state index < -0.39 is 10.2 Å². The molecule has 17 heavy (non-hydrogen) atoms. The van der Waals surface area contributed by atoms with Crippen LogP contribution < -0.4 is 10.0 Å². The molecule has 0 radical (unpaired) electrons. The van der Waals surface area contributed by atoms with Crippen LogP contribution in [0.25, 0.3) is 0 Å². The predicted molar refractivity (Wildman–Crippen MR) is 70.0 cm³/mol. The summed E-state index contributed by atoms with van der Waals surface area (Å²) in [5.74, 6) is 1.07. The number of hydrogen-bond donors (Lipinski definition) is 2. The van der Waals surface area contributed by atoms with E-state index in [0.29, 0.717) is 24.9 Å². The quantitative estimate of drug-likeness (QED) is 0.729. The predicted octanol–water partition coefficient (Wildman–Crippen LogP) is 0.408. The zero-order valence-corrected chi connectivity index (χ0v) is 11.9. The maximum absolute atomic E-state index is 11.7. The summed E-state index contributed by atoms with van der Waals surface area (Å²) in [4.78, 5) is 0. The van der Waals surface area contributed by atoms with Crippen LogP contribution in [0.1, 0.15) is 26.7 Å². The lowest BCUT2D eigenvalue weighted by Crippen LogP contribution is -2.46. The molecular weight excluding hydrogens is 238 g/mol. The molecule has 1 aliphatic rings. The fourth-order valence-corrected chi connectivity index (χ4v) is 3.15. The number of nitrogens with zero attached hydrogens (tertiary/aromatic N) is 1. The molecule has 0 spiro atoms. The summed E-state index contributed by atoms with van der Waals surface area (Å²) in [7, 11) is -1.77. The molecule has 1 aliphatic heterocycles. The minimum absolute atomic E-state index is 0.436. The van der Waals surface area contributed by atoms with Crippen LogP contribution in [0.2, 0.25) is 0 Å². The lowest BCUT2D eigenvalue weighted by atomic mass is 9.99. The maximum atomic E-state index is 11.7. The van der Waals surface area contributed by atoms with Crippen molar-refractivity contribution >= 4 is 10.2 Å². The van der Waals surface area contributed by atoms with Crippen molar-refractivity contribution in [1.82, 2.24) is 14.3 Å². The first-order chi connectivity index (χ1) is 7.95. The standard InChI is InChI=1S/C11H25N3O2S/c1-10(2)7-13-8-11-5-4-6-14(9-11)17(15,16)12-3/h10-13H,4-9H2,1-3H3. The largest absolute Gasteiger partial charge is 0.316 e. The topological polar surface area (TPSA) is 61.4 Å². The van der Waals surface area contributed by atoms with Gasteiger partial charge in [0, 0.05) is 20.1 Å². The van der Waals surface area contributed by atoms with Gasteiger partial charge in [-0.1, -0.05) is 13.8 Å². The Morgan fingerprint density at radius 2 is 2.12 bits per heavy atom. The van der Waals surface area contributed by atoms with E-state index in [1.165, 1.54) is 7.05 Å². The van der Waals surface area contributed by atoms with Gasteiger partial charge in [-0.25, -0.2) is 4.72 Å². The Bertz CT molecular complexity index is 317. The second-order valence-corrected chi connectivity index (χ2v) is 7.00. The zero-order chi connectivity index (χ0) is 12.9. The van der Waals surface area contributed by atoms with Crippen molar-refractivity contribution in [3.63, 3.8) is 0 Å². The first-order valence-corrected chi connectivity index (χ1v) is 7.79. The Balaban J connectivity index is 2.39. The summed E-state index contributed by atoms with van der Waals surface area (Å²) in [6.45, 7) is 7.53. The fraction of sp³-hybridized carbons (Fsp3) is 1.00. The molecule has 0 saturated carbocycles. The zero-order valence-electron chi connectivity index (χ0n) is 11.1. The highest BCUT2D eigenvalue weighted by Crippen LogP contribution is 2.17. The van der Waals surface area contributed by atoms with Gasteiger partial charge in [0.05, 0.1) is 0 Å². The minimum atomic E-state index is -3.24. The Hall–Kier alpha value is -0.170. The van der Waals surface area contributed by atoms with Gasteiger partial charge in [-0.15, -0.1) is 0 Å². The summed E-state index contributed by atoms with van der Waals surface area (Å²) in [5.41, 5.74) is 0. The Labute approximate surface area is 105 Å². The van der Waals surface area contributed by atoms with E-state index in [4.69, 9.17) is 0 Å². The van der Waals surface area contributed by atoms with E-state index in [1.54, 1.807) is 4.31 Å². The number of nitrogens with one attached hydrogen (secondary N) is 2. The van der Waals surface area contributed by atoms with Crippen LogP contribution in [0.5, 0.6) is 0 Å². The van der Waals surface area contributed by atoms with Crippen LogP contribution >= 0.6 is 0 Å². The van der Waals surface area contributed by atoms with Gasteiger partial charge in [0.2, 0.25) is 0 Å². The molecule has 1 saturated heterocycles. The van der Waals surface area contributed by atoms with Gasteiger partial charge >= 0.3 is 0 Å². The third-order valence-corrected chi connectivity index (χ3v) is 4.59. The monoisotopic (exact) mass is 263 g/mol. The van der Waals surface area contributed by atoms with Gasteiger partial charge in [-0.2, -0.15) is 12.7 Å². The van der Waals surface area contributed by atoms with E-state index in [9.17, 15) is 8.42 Å². The fourth-order valence-electron chi connectivity index (χ4n) is 2.12. The van der Waals surface area contributed by atoms with Crippen LogP contribution in [-0.4, -0.2) is 45.9 Å². The van der Waals surface area contributed by atoms with Crippen molar-refractivity contribution in [2.45, 2.75) is 26.7 Å². The van der Waals surface area contributed by atoms with Gasteiger partial charge < -0.3 is 5.32 Å². The maximum Gasteiger partial charge on any atom is 0.279 e. The number of piperidine rings is 1. The smallest absolute Gasteiger partial charge is 0.279 e. The molecule has 0 aromatic heterocycles. The molecule has 6 heteroatoms. The Morgan fingerprint density at radius 3 is 2.71 bits per heavy atom. The first-order valence-electron chi connectivity index (χ1n) is 6.35. The summed E-state index contributed by atoms with van der Waals surface area (Å²) in [6.07, 6.45) is 2.07. The number of hydrogen-bond acceptors (Lipinski definition) is 3. The normalized spacial score (nSPS) is 23.2. The summed E-state index contributed by atoms with van der Waals surface area (Å²) in [5, 5.41) is 3.40. The van der Waals surface area contributed by atoms with E-state index in [1.807, 2.05) is 0 Å². The van der Waals surface area contributed by atoms with Crippen LogP contribution in [0.4, 0.5) is 0 Å². The number of rotatable bonds is 6. The van der Waals surface area contributed by atoms with Crippen LogP contribution in [-0.2, 0) is 10.2 Å². The van der Waals surface area contributed by atoms with E-state index in [0.717, 1.165) is 25.9 Å². The van der Waals surface area contributed by atoms with Gasteiger partial charge in [0.25, 0.3) is 10.2 Å². The van der Waals surface area contributed by atoms with E-state index >= 15 is 0 Å². The molecule has 5 nitrogen and oxygen atoms in total. The van der Waals surface area contributed by atoms with Crippen LogP contribution in [0.15, 0.2) is 0 Å². The molecule has 1 unspecified atom stereocenters. The summed E-state index contributed by atoms with van der Waals surface area (Å²) < 4.78 is 27.3. The van der Waals surface area contributed by atoms with Crippen molar-refractivity contribution in [2.75, 3.05) is 33.2 Å². The molecule has 1 fully saturated rings. The van der Waals surface area contributed by atoms with Crippen molar-refractivity contribution in [2.24, 2.45) is 11.8 Å². The molecule has 0 amide bonds. The van der Waals surface area contributed by atoms with E-state index in [-0.39, 0.29) is 0 Å². The Morgan fingerprint density at radius 1 is 1.41 bits per heavy atom. The molecular formula is C11H25N3O2S. The second kappa shape index (κ2) is 6.68. The van der Waals surface area contributed by atoms with Gasteiger partial charge in [0.15, 0.2) is 0 Å². The highest BCUT2D eigenvalue weighted by atomic mass is 32.2. The highest BCUT2D eigenvalue weighted by molar-refractivity contribution is 7.87. The average molecular weight is 263 g/mol. The van der Waals surface area contributed by atoms with Crippen LogP contribution in [0.3, 0.4) is 0 Å². The SMILES string of the molecule is CNS(=O)(=O)N1CCCC(CNCC(C)C)C1. The molecule has 102 valence electrons. The molecule has 0 aliphatic carbocycles. The van der Waals surface area contributed by atoms with Crippen molar-refractivity contribution in [3.05, 3.63) is 0 Å². The molecule has 0 aromatic carbocycles. The average Bonchev–Trinajstić information content (AvgIpc) is 2.29. The second-order valence-electron chi connectivity index (χ2n) is 5.13. The van der Waals surface area contributed by atoms with E-state index in [2.05, 4.69) is 23.9 Å². The lowest BCUT2D eigenvalue weighted by Gasteiger charge is -2.31. The third-order valence-electron chi connectivity index (χ3n) is 3.07. The van der Waals surface area contributed by atoms with Gasteiger partial charge in [-0.3, -0.25) is 0 Å². The van der Waals surface area contributed by atoms with Crippen molar-refractivity contribution in [3.8, 4) is 0 Å². The molecule has 0 aromatic rings. The molecule has 1 heterocycles. The van der Waals surface area contributed by atoms with Gasteiger partial charge in [0.1, 0.15) is 0 Å². The summed E-state index contributed by atoms with van der Waals surface area (Å²) >= 11 is 0. The molecule has 1 rings (SSSR count). The molecule has 0 bridgehead atoms. The Kier molecular flexibility index (Phi) is 5.85. The van der Waals surface area contributed by atoms with Gasteiger partial charge in [-0.05, 0) is 37.8 Å². The molecule has 1 atom stereocenters. The molecule has 2 N–H and O–H groups in total. The lowest BCUT2D eigenvalue weighted by molar-refractivity contribution is 0.256. The van der Waals surface area contributed by atoms with Crippen LogP contribution in [0, 0.1) is 11.8 Å². The minimum Gasteiger partial charge on any atom is -0.316 e. The summed E-state index contributed by atoms with van der Waals surface area (Å²) in [6, 6.07) is 0. The van der Waals surface area contributed by atoms with Crippen molar-refractivity contribution in [1.29, 1.82) is 0 Å². The third kappa shape index (κ3) is 4.91.